The Morgan fingerprint density at radius 1 is 0.724 bits per heavy atom. The molecule has 0 unspecified atom stereocenters. The van der Waals surface area contributed by atoms with E-state index >= 15 is 0 Å². The monoisotopic (exact) mass is 432 g/mol. The Kier molecular flexibility index (Phi) is 18.9. The maximum absolute atomic E-state index is 13.1. The van der Waals surface area contributed by atoms with Gasteiger partial charge in [-0.25, -0.2) is 4.79 Å². The van der Waals surface area contributed by atoms with Crippen LogP contribution in [0.3, 0.4) is 0 Å². The van der Waals surface area contributed by atoms with E-state index in [1.807, 2.05) is 0 Å². The van der Waals surface area contributed by atoms with Gasteiger partial charge in [-0.2, -0.15) is 0 Å². The van der Waals surface area contributed by atoms with Crippen molar-refractivity contribution in [1.82, 2.24) is 0 Å². The summed E-state index contributed by atoms with van der Waals surface area (Å²) in [5.74, 6) is -0.416. The van der Waals surface area contributed by atoms with Crippen molar-refractivity contribution in [3.8, 4) is 0 Å². The van der Waals surface area contributed by atoms with Gasteiger partial charge in [0.2, 0.25) is 0 Å². The molecule has 0 N–H and O–H groups in total. The van der Waals surface area contributed by atoms with Crippen molar-refractivity contribution < 1.29 is 23.1 Å². The first-order chi connectivity index (χ1) is 13.9. The van der Waals surface area contributed by atoms with Crippen molar-refractivity contribution in [1.29, 1.82) is 0 Å². The number of rotatable bonds is 21. The van der Waals surface area contributed by atoms with Crippen molar-refractivity contribution in [2.24, 2.45) is 0 Å². The Morgan fingerprint density at radius 3 is 1.62 bits per heavy atom. The highest BCUT2D eigenvalue weighted by atomic mass is 31.2. The van der Waals surface area contributed by atoms with Gasteiger partial charge in [0, 0.05) is 5.57 Å². The smallest absolute Gasteiger partial charge is 0.333 e. The molecule has 0 rings (SSSR count). The summed E-state index contributed by atoms with van der Waals surface area (Å²) in [7, 11) is -3.14. The summed E-state index contributed by atoms with van der Waals surface area (Å²) in [4.78, 5) is 11.5. The molecule has 0 amide bonds. The topological polar surface area (TPSA) is 61.8 Å². The summed E-state index contributed by atoms with van der Waals surface area (Å²) in [5.41, 5.74) is 0.367. The third kappa shape index (κ3) is 17.9. The van der Waals surface area contributed by atoms with E-state index in [2.05, 4.69) is 20.4 Å². The summed E-state index contributed by atoms with van der Waals surface area (Å²) in [5, 5.41) is 0. The number of hydrogen-bond acceptors (Lipinski definition) is 5. The van der Waals surface area contributed by atoms with Gasteiger partial charge < -0.3 is 13.8 Å². The maximum Gasteiger partial charge on any atom is 0.333 e. The first-order valence-electron chi connectivity index (χ1n) is 11.7. The normalized spacial score (nSPS) is 11.6. The molecule has 0 aliphatic heterocycles. The standard InChI is InChI=1S/C23H45O5P/c1-5-7-9-11-13-15-19-27-29(25,21-17-18-26-23(24)22(3)4)28-20-16-14-12-10-8-6-2/h3,5-21H2,1-2,4H3. The van der Waals surface area contributed by atoms with E-state index in [0.717, 1.165) is 25.7 Å². The molecule has 0 atom stereocenters. The van der Waals surface area contributed by atoms with E-state index < -0.39 is 13.6 Å². The van der Waals surface area contributed by atoms with E-state index in [1.54, 1.807) is 6.92 Å². The van der Waals surface area contributed by atoms with E-state index in [1.165, 1.54) is 51.4 Å². The average molecular weight is 433 g/mol. The number of carbonyl (C=O) groups is 1. The van der Waals surface area contributed by atoms with Gasteiger partial charge in [-0.15, -0.1) is 0 Å². The number of esters is 1. The van der Waals surface area contributed by atoms with E-state index in [-0.39, 0.29) is 12.8 Å². The molecule has 0 radical (unpaired) electrons. The molecule has 6 heteroatoms. The Labute approximate surface area is 179 Å². The number of ether oxygens (including phenoxy) is 1. The molecule has 0 bridgehead atoms. The molecule has 0 heterocycles. The fourth-order valence-electron chi connectivity index (χ4n) is 2.88. The Morgan fingerprint density at radius 2 is 1.17 bits per heavy atom. The summed E-state index contributed by atoms with van der Waals surface area (Å²) in [6.45, 7) is 10.7. The molecule has 0 saturated heterocycles. The molecule has 0 spiro atoms. The second kappa shape index (κ2) is 19.3. The summed E-state index contributed by atoms with van der Waals surface area (Å²) in [6.07, 6.45) is 14.6. The molecule has 0 aromatic carbocycles. The summed E-state index contributed by atoms with van der Waals surface area (Å²) < 4.78 is 29.6. The van der Waals surface area contributed by atoms with E-state index in [9.17, 15) is 9.36 Å². The third-order valence-electron chi connectivity index (χ3n) is 4.73. The van der Waals surface area contributed by atoms with Crippen LogP contribution in [0.1, 0.15) is 104 Å². The Hall–Kier alpha value is -0.640. The van der Waals surface area contributed by atoms with Crippen LogP contribution in [-0.4, -0.2) is 32.0 Å². The Balaban J connectivity index is 4.21. The van der Waals surface area contributed by atoms with Gasteiger partial charge in [0.1, 0.15) is 0 Å². The van der Waals surface area contributed by atoms with Gasteiger partial charge in [0.25, 0.3) is 0 Å². The van der Waals surface area contributed by atoms with Crippen LogP contribution >= 0.6 is 7.60 Å². The van der Waals surface area contributed by atoms with Crippen LogP contribution in [0.5, 0.6) is 0 Å². The maximum atomic E-state index is 13.1. The summed E-state index contributed by atoms with van der Waals surface area (Å²) >= 11 is 0. The molecule has 0 saturated carbocycles. The number of unbranched alkanes of at least 4 members (excludes halogenated alkanes) is 10. The van der Waals surface area contributed by atoms with E-state index in [4.69, 9.17) is 13.8 Å². The highest BCUT2D eigenvalue weighted by Gasteiger charge is 2.24. The lowest BCUT2D eigenvalue weighted by Crippen LogP contribution is -2.09. The predicted octanol–water partition coefficient (Wildman–Crippen LogP) is 7.44. The van der Waals surface area contributed by atoms with Gasteiger partial charge in [0.15, 0.2) is 0 Å². The fourth-order valence-corrected chi connectivity index (χ4v) is 4.55. The van der Waals surface area contributed by atoms with Crippen LogP contribution in [0, 0.1) is 0 Å². The molecule has 172 valence electrons. The van der Waals surface area contributed by atoms with Crippen molar-refractivity contribution >= 4 is 13.6 Å². The highest BCUT2D eigenvalue weighted by molar-refractivity contribution is 7.53. The highest BCUT2D eigenvalue weighted by Crippen LogP contribution is 2.49. The third-order valence-corrected chi connectivity index (χ3v) is 6.75. The molecule has 5 nitrogen and oxygen atoms in total. The van der Waals surface area contributed by atoms with Gasteiger partial charge in [-0.05, 0) is 26.2 Å². The lowest BCUT2D eigenvalue weighted by atomic mass is 10.1. The van der Waals surface area contributed by atoms with Gasteiger partial charge >= 0.3 is 13.6 Å². The van der Waals surface area contributed by atoms with Crippen LogP contribution in [-0.2, 0) is 23.1 Å². The minimum atomic E-state index is -3.14. The molecular weight excluding hydrogens is 387 g/mol. The zero-order valence-corrected chi connectivity index (χ0v) is 20.1. The largest absolute Gasteiger partial charge is 0.462 e. The lowest BCUT2D eigenvalue weighted by molar-refractivity contribution is -0.138. The zero-order valence-electron chi connectivity index (χ0n) is 19.2. The van der Waals surface area contributed by atoms with Crippen LogP contribution in [0.2, 0.25) is 0 Å². The fraction of sp³-hybridized carbons (Fsp3) is 0.870. The molecular formula is C23H45O5P. The molecule has 0 aliphatic carbocycles. The van der Waals surface area contributed by atoms with Gasteiger partial charge in [0.05, 0.1) is 26.0 Å². The van der Waals surface area contributed by atoms with Crippen LogP contribution in [0.15, 0.2) is 12.2 Å². The van der Waals surface area contributed by atoms with Gasteiger partial charge in [-0.3, -0.25) is 4.57 Å². The van der Waals surface area contributed by atoms with Gasteiger partial charge in [-0.1, -0.05) is 84.6 Å². The first-order valence-corrected chi connectivity index (χ1v) is 13.4. The molecule has 0 aromatic rings. The first kappa shape index (κ1) is 28.4. The van der Waals surface area contributed by atoms with Crippen LogP contribution in [0.4, 0.5) is 0 Å². The van der Waals surface area contributed by atoms with E-state index in [0.29, 0.717) is 25.2 Å². The number of carbonyl (C=O) groups excluding carboxylic acids is 1. The van der Waals surface area contributed by atoms with Crippen LogP contribution < -0.4 is 0 Å². The number of hydrogen-bond donors (Lipinski definition) is 0. The minimum Gasteiger partial charge on any atom is -0.462 e. The average Bonchev–Trinajstić information content (AvgIpc) is 2.69. The quantitative estimate of drug-likeness (QED) is 0.0816. The van der Waals surface area contributed by atoms with Crippen LogP contribution in [0.25, 0.3) is 0 Å². The Bertz CT molecular complexity index is 442. The molecule has 0 fully saturated rings. The molecule has 0 aliphatic rings. The van der Waals surface area contributed by atoms with Crippen molar-refractivity contribution in [3.63, 3.8) is 0 Å². The second-order valence-electron chi connectivity index (χ2n) is 7.81. The van der Waals surface area contributed by atoms with Crippen molar-refractivity contribution in [3.05, 3.63) is 12.2 Å². The molecule has 0 aromatic heterocycles. The minimum absolute atomic E-state index is 0.205. The van der Waals surface area contributed by atoms with Crippen molar-refractivity contribution in [2.75, 3.05) is 26.0 Å². The van der Waals surface area contributed by atoms with Crippen molar-refractivity contribution in [2.45, 2.75) is 104 Å². The zero-order chi connectivity index (χ0) is 21.8. The molecule has 29 heavy (non-hydrogen) atoms. The summed E-state index contributed by atoms with van der Waals surface area (Å²) in [6, 6.07) is 0. The second-order valence-corrected chi connectivity index (χ2v) is 9.99. The lowest BCUT2D eigenvalue weighted by Gasteiger charge is -2.19. The SMILES string of the molecule is C=C(C)C(=O)OCCCP(=O)(OCCCCCCCC)OCCCCCCCC. The predicted molar refractivity (Wildman–Crippen MR) is 122 cm³/mol.